The van der Waals surface area contributed by atoms with Gasteiger partial charge in [-0.3, -0.25) is 4.90 Å². The van der Waals surface area contributed by atoms with Crippen molar-refractivity contribution in [1.82, 2.24) is 4.90 Å². The van der Waals surface area contributed by atoms with Crippen molar-refractivity contribution in [2.24, 2.45) is 5.73 Å². The maximum Gasteiger partial charge on any atom is 0.411 e. The maximum atomic E-state index is 12.3. The molecular weight excluding hydrogens is 216 g/mol. The molecular formula is C13H24N2O2. The van der Waals surface area contributed by atoms with Gasteiger partial charge in [-0.15, -0.1) is 0 Å². The minimum atomic E-state index is -0.432. The molecule has 2 bridgehead atoms. The quantitative estimate of drug-likeness (QED) is 0.765. The molecule has 2 heterocycles. The third kappa shape index (κ3) is 2.03. The lowest BCUT2D eigenvalue weighted by Gasteiger charge is -2.38. The molecule has 4 nitrogen and oxygen atoms in total. The van der Waals surface area contributed by atoms with E-state index >= 15 is 0 Å². The van der Waals surface area contributed by atoms with Crippen LogP contribution in [0.15, 0.2) is 0 Å². The van der Waals surface area contributed by atoms with Crippen LogP contribution in [-0.2, 0) is 4.74 Å². The van der Waals surface area contributed by atoms with Crippen LogP contribution in [0, 0.1) is 0 Å². The molecule has 2 aliphatic rings. The van der Waals surface area contributed by atoms with Crippen molar-refractivity contribution in [2.75, 3.05) is 0 Å². The molecule has 2 fully saturated rings. The van der Waals surface area contributed by atoms with Crippen LogP contribution in [-0.4, -0.2) is 34.2 Å². The fraction of sp³-hybridized carbons (Fsp3) is 0.923. The predicted octanol–water partition coefficient (Wildman–Crippen LogP) is 2.27. The number of amides is 1. The Bertz CT molecular complexity index is 312. The molecule has 98 valence electrons. The lowest BCUT2D eigenvalue weighted by Crippen LogP contribution is -2.56. The highest BCUT2D eigenvalue weighted by molar-refractivity contribution is 5.71. The second kappa shape index (κ2) is 3.87. The molecule has 0 unspecified atom stereocenters. The van der Waals surface area contributed by atoms with E-state index in [-0.39, 0.29) is 17.7 Å². The summed E-state index contributed by atoms with van der Waals surface area (Å²) in [4.78, 5) is 14.2. The third-order valence-electron chi connectivity index (χ3n) is 4.10. The van der Waals surface area contributed by atoms with E-state index in [9.17, 15) is 4.79 Å². The lowest BCUT2D eigenvalue weighted by molar-refractivity contribution is 0.00625. The minimum Gasteiger partial charge on any atom is -0.444 e. The molecule has 0 spiro atoms. The topological polar surface area (TPSA) is 55.6 Å². The molecule has 0 aromatic rings. The first-order valence-corrected chi connectivity index (χ1v) is 6.54. The van der Waals surface area contributed by atoms with Gasteiger partial charge in [-0.2, -0.15) is 0 Å². The van der Waals surface area contributed by atoms with Crippen LogP contribution in [0.25, 0.3) is 0 Å². The highest BCUT2D eigenvalue weighted by Crippen LogP contribution is 2.48. The third-order valence-corrected chi connectivity index (χ3v) is 4.10. The second-order valence-electron chi connectivity index (χ2n) is 6.47. The number of hydrogen-bond donors (Lipinski definition) is 1. The largest absolute Gasteiger partial charge is 0.444 e. The van der Waals surface area contributed by atoms with E-state index in [1.807, 2.05) is 32.6 Å². The van der Waals surface area contributed by atoms with Gasteiger partial charge in [0.25, 0.3) is 0 Å². The number of nitrogens with zero attached hydrogens (tertiary/aromatic N) is 1. The minimum absolute atomic E-state index is 0.0162. The zero-order chi connectivity index (χ0) is 12.8. The van der Waals surface area contributed by atoms with E-state index in [1.54, 1.807) is 0 Å². The number of fused-ring (bicyclic) bond motifs is 2. The standard InChI is InChI=1S/C13H24N2O2/c1-9(14)13-7-5-10(6-8-13)15(13)11(16)17-12(2,3)4/h9-10H,5-8,14H2,1-4H3/t9-,10?,13?/m1/s1. The van der Waals surface area contributed by atoms with Gasteiger partial charge in [0.2, 0.25) is 0 Å². The molecule has 0 aromatic heterocycles. The van der Waals surface area contributed by atoms with E-state index in [0.29, 0.717) is 6.04 Å². The van der Waals surface area contributed by atoms with Crippen LogP contribution in [0.3, 0.4) is 0 Å². The first-order chi connectivity index (χ1) is 7.76. The highest BCUT2D eigenvalue weighted by atomic mass is 16.6. The van der Waals surface area contributed by atoms with Gasteiger partial charge in [0.1, 0.15) is 5.60 Å². The number of carbonyl (C=O) groups is 1. The molecule has 0 radical (unpaired) electrons. The number of hydrogen-bond acceptors (Lipinski definition) is 3. The van der Waals surface area contributed by atoms with E-state index in [2.05, 4.69) is 0 Å². The van der Waals surface area contributed by atoms with Crippen molar-refractivity contribution in [3.8, 4) is 0 Å². The summed E-state index contributed by atoms with van der Waals surface area (Å²) in [7, 11) is 0. The van der Waals surface area contributed by atoms with Crippen LogP contribution in [0.5, 0.6) is 0 Å². The molecule has 1 amide bonds. The van der Waals surface area contributed by atoms with Crippen LogP contribution >= 0.6 is 0 Å². The van der Waals surface area contributed by atoms with Gasteiger partial charge in [-0.25, -0.2) is 4.79 Å². The van der Waals surface area contributed by atoms with Gasteiger partial charge >= 0.3 is 6.09 Å². The zero-order valence-electron chi connectivity index (χ0n) is 11.3. The fourth-order valence-electron chi connectivity index (χ4n) is 3.28. The van der Waals surface area contributed by atoms with Crippen molar-refractivity contribution >= 4 is 6.09 Å². The van der Waals surface area contributed by atoms with Crippen LogP contribution in [0.2, 0.25) is 0 Å². The number of carbonyl (C=O) groups excluding carboxylic acids is 1. The summed E-state index contributed by atoms with van der Waals surface area (Å²) in [5.41, 5.74) is 5.53. The van der Waals surface area contributed by atoms with E-state index in [4.69, 9.17) is 10.5 Å². The molecule has 2 saturated heterocycles. The van der Waals surface area contributed by atoms with Crippen LogP contribution in [0.4, 0.5) is 4.79 Å². The Morgan fingerprint density at radius 1 is 1.41 bits per heavy atom. The Morgan fingerprint density at radius 3 is 2.35 bits per heavy atom. The van der Waals surface area contributed by atoms with Crippen LogP contribution in [0.1, 0.15) is 53.4 Å². The van der Waals surface area contributed by atoms with E-state index in [1.165, 1.54) is 0 Å². The van der Waals surface area contributed by atoms with Crippen molar-refractivity contribution < 1.29 is 9.53 Å². The van der Waals surface area contributed by atoms with E-state index in [0.717, 1.165) is 25.7 Å². The van der Waals surface area contributed by atoms with Gasteiger partial charge < -0.3 is 10.5 Å². The van der Waals surface area contributed by atoms with Gasteiger partial charge in [-0.1, -0.05) is 0 Å². The summed E-state index contributed by atoms with van der Waals surface area (Å²) in [5, 5.41) is 0. The molecule has 0 saturated carbocycles. The predicted molar refractivity (Wildman–Crippen MR) is 66.7 cm³/mol. The average molecular weight is 240 g/mol. The second-order valence-corrected chi connectivity index (χ2v) is 6.47. The number of nitrogens with two attached hydrogens (primary N) is 1. The van der Waals surface area contributed by atoms with Crippen molar-refractivity contribution in [1.29, 1.82) is 0 Å². The molecule has 17 heavy (non-hydrogen) atoms. The Morgan fingerprint density at radius 2 is 1.94 bits per heavy atom. The average Bonchev–Trinajstić information content (AvgIpc) is 2.70. The highest BCUT2D eigenvalue weighted by Gasteiger charge is 2.56. The van der Waals surface area contributed by atoms with Gasteiger partial charge in [0.15, 0.2) is 0 Å². The summed E-state index contributed by atoms with van der Waals surface area (Å²) >= 11 is 0. The lowest BCUT2D eigenvalue weighted by atomic mass is 9.83. The number of rotatable bonds is 1. The molecule has 2 N–H and O–H groups in total. The Labute approximate surface area is 103 Å². The zero-order valence-corrected chi connectivity index (χ0v) is 11.3. The van der Waals surface area contributed by atoms with Crippen LogP contribution < -0.4 is 5.73 Å². The Kier molecular flexibility index (Phi) is 2.89. The molecule has 2 aliphatic heterocycles. The summed E-state index contributed by atoms with van der Waals surface area (Å²) in [6.07, 6.45) is 4.00. The SMILES string of the molecule is C[C@@H](N)C12CCC(CC1)N2C(=O)OC(C)(C)C. The fourth-order valence-corrected chi connectivity index (χ4v) is 3.28. The summed E-state index contributed by atoms with van der Waals surface area (Å²) in [6, 6.07) is 0.360. The van der Waals surface area contributed by atoms with E-state index < -0.39 is 5.60 Å². The Hall–Kier alpha value is -0.770. The van der Waals surface area contributed by atoms with Gasteiger partial charge in [0.05, 0.1) is 5.54 Å². The van der Waals surface area contributed by atoms with Crippen molar-refractivity contribution in [3.63, 3.8) is 0 Å². The first kappa shape index (κ1) is 12.7. The normalized spacial score (nSPS) is 33.9. The molecule has 4 heteroatoms. The summed E-state index contributed by atoms with van der Waals surface area (Å²) in [5.74, 6) is 0. The number of ether oxygens (including phenoxy) is 1. The monoisotopic (exact) mass is 240 g/mol. The maximum absolute atomic E-state index is 12.3. The molecule has 1 atom stereocenters. The molecule has 0 aliphatic carbocycles. The molecule has 0 aromatic carbocycles. The Balaban J connectivity index is 2.18. The first-order valence-electron chi connectivity index (χ1n) is 6.54. The van der Waals surface area contributed by atoms with Gasteiger partial charge in [-0.05, 0) is 53.4 Å². The summed E-state index contributed by atoms with van der Waals surface area (Å²) < 4.78 is 5.51. The van der Waals surface area contributed by atoms with Crippen molar-refractivity contribution in [3.05, 3.63) is 0 Å². The van der Waals surface area contributed by atoms with Crippen molar-refractivity contribution in [2.45, 2.75) is 76.6 Å². The smallest absolute Gasteiger partial charge is 0.411 e. The molecule has 2 rings (SSSR count). The summed E-state index contributed by atoms with van der Waals surface area (Å²) in [6.45, 7) is 7.72. The van der Waals surface area contributed by atoms with Gasteiger partial charge in [0, 0.05) is 12.1 Å².